The maximum atomic E-state index is 13.5. The lowest BCUT2D eigenvalue weighted by molar-refractivity contribution is 0.0705. The third kappa shape index (κ3) is 3.44. The molecule has 1 saturated heterocycles. The van der Waals surface area contributed by atoms with Crippen molar-refractivity contribution in [2.45, 2.75) is 25.7 Å². The van der Waals surface area contributed by atoms with Gasteiger partial charge in [0.05, 0.1) is 7.11 Å². The number of carbonyl (C=O) groups excluding carboxylic acids is 1. The van der Waals surface area contributed by atoms with E-state index in [1.54, 1.807) is 19.2 Å². The molecule has 0 radical (unpaired) electrons. The van der Waals surface area contributed by atoms with E-state index < -0.39 is 0 Å². The van der Waals surface area contributed by atoms with Gasteiger partial charge in [-0.15, -0.1) is 0 Å². The fraction of sp³-hybridized carbons (Fsp3) is 0.304. The molecular weight excluding hydrogens is 355 g/mol. The van der Waals surface area contributed by atoms with Crippen molar-refractivity contribution in [1.29, 1.82) is 0 Å². The fourth-order valence-electron chi connectivity index (χ4n) is 4.01. The highest BCUT2D eigenvalue weighted by Crippen LogP contribution is 2.32. The van der Waals surface area contributed by atoms with Crippen molar-refractivity contribution in [1.82, 2.24) is 9.88 Å². The SMILES string of the molecule is COc1ccc2cnc(C3CCCN(C(=O)c4cccc(F)c4)C3)cc2c1C. The number of rotatable bonds is 3. The van der Waals surface area contributed by atoms with E-state index >= 15 is 0 Å². The lowest BCUT2D eigenvalue weighted by atomic mass is 9.92. The molecule has 0 saturated carbocycles. The van der Waals surface area contributed by atoms with Crippen LogP contribution in [0, 0.1) is 12.7 Å². The van der Waals surface area contributed by atoms with Gasteiger partial charge in [0.15, 0.2) is 0 Å². The predicted molar refractivity (Wildman–Crippen MR) is 107 cm³/mol. The van der Waals surface area contributed by atoms with Crippen LogP contribution in [0.4, 0.5) is 4.39 Å². The molecule has 1 aromatic heterocycles. The Morgan fingerprint density at radius 2 is 2.11 bits per heavy atom. The quantitative estimate of drug-likeness (QED) is 0.663. The molecule has 3 aromatic rings. The van der Waals surface area contributed by atoms with Crippen LogP contribution in [0.3, 0.4) is 0 Å². The maximum absolute atomic E-state index is 13.5. The number of methoxy groups -OCH3 is 1. The van der Waals surface area contributed by atoms with Crippen LogP contribution in [0.1, 0.15) is 40.4 Å². The molecule has 0 aliphatic carbocycles. The number of pyridine rings is 1. The van der Waals surface area contributed by atoms with E-state index in [1.807, 2.05) is 30.2 Å². The Labute approximate surface area is 164 Å². The number of ether oxygens (including phenoxy) is 1. The van der Waals surface area contributed by atoms with Crippen molar-refractivity contribution in [2.24, 2.45) is 0 Å². The van der Waals surface area contributed by atoms with Crippen LogP contribution >= 0.6 is 0 Å². The highest BCUT2D eigenvalue weighted by Gasteiger charge is 2.26. The molecule has 4 nitrogen and oxygen atoms in total. The highest BCUT2D eigenvalue weighted by molar-refractivity contribution is 5.94. The Balaban J connectivity index is 1.61. The first-order chi connectivity index (χ1) is 13.6. The summed E-state index contributed by atoms with van der Waals surface area (Å²) in [6, 6.07) is 12.0. The van der Waals surface area contributed by atoms with E-state index in [0.29, 0.717) is 18.7 Å². The van der Waals surface area contributed by atoms with Gasteiger partial charge in [0.2, 0.25) is 0 Å². The lowest BCUT2D eigenvalue weighted by Gasteiger charge is -2.32. The number of hydrogen-bond acceptors (Lipinski definition) is 3. The summed E-state index contributed by atoms with van der Waals surface area (Å²) in [6.45, 7) is 3.33. The summed E-state index contributed by atoms with van der Waals surface area (Å²) in [5.41, 5.74) is 2.47. The van der Waals surface area contributed by atoms with Gasteiger partial charge in [0.1, 0.15) is 11.6 Å². The third-order valence-corrected chi connectivity index (χ3v) is 5.56. The second-order valence-corrected chi connectivity index (χ2v) is 7.32. The smallest absolute Gasteiger partial charge is 0.253 e. The number of aromatic nitrogens is 1. The van der Waals surface area contributed by atoms with Gasteiger partial charge in [-0.1, -0.05) is 6.07 Å². The van der Waals surface area contributed by atoms with Crippen LogP contribution in [-0.4, -0.2) is 36.0 Å². The fourth-order valence-corrected chi connectivity index (χ4v) is 4.01. The number of nitrogens with zero attached hydrogens (tertiary/aromatic N) is 2. The molecule has 0 bridgehead atoms. The molecule has 0 spiro atoms. The van der Waals surface area contributed by atoms with Crippen molar-refractivity contribution in [2.75, 3.05) is 20.2 Å². The average Bonchev–Trinajstić information content (AvgIpc) is 2.73. The van der Waals surface area contributed by atoms with Crippen molar-refractivity contribution >= 4 is 16.7 Å². The zero-order chi connectivity index (χ0) is 19.7. The van der Waals surface area contributed by atoms with Crippen LogP contribution < -0.4 is 4.74 Å². The van der Waals surface area contributed by atoms with Crippen molar-refractivity contribution in [3.8, 4) is 5.75 Å². The van der Waals surface area contributed by atoms with Gasteiger partial charge in [0, 0.05) is 41.8 Å². The minimum absolute atomic E-state index is 0.122. The summed E-state index contributed by atoms with van der Waals surface area (Å²) in [6.07, 6.45) is 3.78. The van der Waals surface area contributed by atoms with Gasteiger partial charge in [-0.3, -0.25) is 9.78 Å². The number of likely N-dealkylation sites (tertiary alicyclic amines) is 1. The topological polar surface area (TPSA) is 42.4 Å². The second kappa shape index (κ2) is 7.58. The lowest BCUT2D eigenvalue weighted by Crippen LogP contribution is -2.39. The molecule has 5 heteroatoms. The third-order valence-electron chi connectivity index (χ3n) is 5.56. The molecule has 1 amide bonds. The Bertz CT molecular complexity index is 1030. The van der Waals surface area contributed by atoms with Gasteiger partial charge in [0.25, 0.3) is 5.91 Å². The largest absolute Gasteiger partial charge is 0.496 e. The van der Waals surface area contributed by atoms with Crippen molar-refractivity contribution in [3.63, 3.8) is 0 Å². The zero-order valence-electron chi connectivity index (χ0n) is 16.1. The Hall–Kier alpha value is -2.95. The minimum atomic E-state index is -0.389. The first-order valence-corrected chi connectivity index (χ1v) is 9.55. The van der Waals surface area contributed by atoms with Gasteiger partial charge >= 0.3 is 0 Å². The maximum Gasteiger partial charge on any atom is 0.253 e. The standard InChI is InChI=1S/C23H23FN2O2/c1-15-20-12-21(25-13-17(20)8-9-22(15)28-2)18-6-4-10-26(14-18)23(27)16-5-3-7-19(24)11-16/h3,5,7-9,11-13,18H,4,6,10,14H2,1-2H3. The van der Waals surface area contributed by atoms with E-state index in [1.165, 1.54) is 12.1 Å². The van der Waals surface area contributed by atoms with Crippen LogP contribution in [0.15, 0.2) is 48.7 Å². The molecule has 1 unspecified atom stereocenters. The molecule has 4 rings (SSSR count). The molecule has 1 aliphatic heterocycles. The van der Waals surface area contributed by atoms with Crippen LogP contribution in [0.2, 0.25) is 0 Å². The van der Waals surface area contributed by atoms with E-state index in [2.05, 4.69) is 11.1 Å². The Kier molecular flexibility index (Phi) is 4.99. The summed E-state index contributed by atoms with van der Waals surface area (Å²) < 4.78 is 18.9. The molecule has 0 N–H and O–H groups in total. The molecular formula is C23H23FN2O2. The number of amides is 1. The zero-order valence-corrected chi connectivity index (χ0v) is 16.1. The monoisotopic (exact) mass is 378 g/mol. The Morgan fingerprint density at radius 3 is 2.89 bits per heavy atom. The van der Waals surface area contributed by atoms with Gasteiger partial charge in [-0.25, -0.2) is 4.39 Å². The molecule has 28 heavy (non-hydrogen) atoms. The van der Waals surface area contributed by atoms with Crippen LogP contribution in [0.25, 0.3) is 10.8 Å². The minimum Gasteiger partial charge on any atom is -0.496 e. The van der Waals surface area contributed by atoms with E-state index in [-0.39, 0.29) is 17.6 Å². The van der Waals surface area contributed by atoms with Gasteiger partial charge in [-0.05, 0) is 67.1 Å². The number of aryl methyl sites for hydroxylation is 1. The molecule has 1 aliphatic rings. The summed E-state index contributed by atoms with van der Waals surface area (Å²) in [5, 5.41) is 2.20. The van der Waals surface area contributed by atoms with Gasteiger partial charge in [-0.2, -0.15) is 0 Å². The first kappa shape index (κ1) is 18.4. The molecule has 1 atom stereocenters. The first-order valence-electron chi connectivity index (χ1n) is 9.55. The molecule has 2 heterocycles. The number of piperidine rings is 1. The van der Waals surface area contributed by atoms with Crippen molar-refractivity contribution in [3.05, 3.63) is 71.3 Å². The van der Waals surface area contributed by atoms with Crippen molar-refractivity contribution < 1.29 is 13.9 Å². The number of benzene rings is 2. The summed E-state index contributed by atoms with van der Waals surface area (Å²) >= 11 is 0. The summed E-state index contributed by atoms with van der Waals surface area (Å²) in [5.74, 6) is 0.514. The van der Waals surface area contributed by atoms with Crippen LogP contribution in [0.5, 0.6) is 5.75 Å². The second-order valence-electron chi connectivity index (χ2n) is 7.32. The number of fused-ring (bicyclic) bond motifs is 1. The molecule has 2 aromatic carbocycles. The Morgan fingerprint density at radius 1 is 1.25 bits per heavy atom. The molecule has 1 fully saturated rings. The van der Waals surface area contributed by atoms with E-state index in [4.69, 9.17) is 4.74 Å². The highest BCUT2D eigenvalue weighted by atomic mass is 19.1. The van der Waals surface area contributed by atoms with Gasteiger partial charge < -0.3 is 9.64 Å². The van der Waals surface area contributed by atoms with Crippen LogP contribution in [-0.2, 0) is 0 Å². The number of hydrogen-bond donors (Lipinski definition) is 0. The number of carbonyl (C=O) groups is 1. The normalized spacial score (nSPS) is 17.0. The molecule has 144 valence electrons. The average molecular weight is 378 g/mol. The summed E-state index contributed by atoms with van der Waals surface area (Å²) in [4.78, 5) is 19.3. The van der Waals surface area contributed by atoms with E-state index in [9.17, 15) is 9.18 Å². The number of halogens is 1. The predicted octanol–water partition coefficient (Wildman–Crippen LogP) is 4.71. The van der Waals surface area contributed by atoms with E-state index in [0.717, 1.165) is 40.6 Å². The summed E-state index contributed by atoms with van der Waals surface area (Å²) in [7, 11) is 1.67.